The van der Waals surface area contributed by atoms with E-state index in [0.29, 0.717) is 17.6 Å². The number of hydrogen-bond acceptors (Lipinski definition) is 3. The number of aromatic nitrogens is 1. The molecule has 0 aliphatic rings. The molecule has 0 bridgehead atoms. The van der Waals surface area contributed by atoms with Crippen molar-refractivity contribution < 1.29 is 9.53 Å². The lowest BCUT2D eigenvalue weighted by Crippen LogP contribution is -2.26. The van der Waals surface area contributed by atoms with Crippen LogP contribution in [-0.2, 0) is 17.8 Å². The molecule has 0 fully saturated rings. The summed E-state index contributed by atoms with van der Waals surface area (Å²) < 4.78 is 6.86. The highest BCUT2D eigenvalue weighted by Crippen LogP contribution is 2.22. The molecule has 5 heteroatoms. The van der Waals surface area contributed by atoms with Crippen molar-refractivity contribution in [3.63, 3.8) is 0 Å². The Balaban J connectivity index is 1.83. The predicted molar refractivity (Wildman–Crippen MR) is 113 cm³/mol. The van der Waals surface area contributed by atoms with Crippen LogP contribution in [0.1, 0.15) is 26.3 Å². The zero-order valence-corrected chi connectivity index (χ0v) is 16.8. The molecule has 1 aromatic heterocycles. The summed E-state index contributed by atoms with van der Waals surface area (Å²) in [6.45, 7) is 6.92. The standard InChI is InChI=1S/C23H26N2O3/c1-23(2,3)15-25-13-12-18-19(22(25)27)6-5-7-20(18)24-21(26)14-16-8-10-17(28-4)11-9-16/h5-13H,14-15H2,1-4H3,(H,24,26). The quantitative estimate of drug-likeness (QED) is 0.722. The number of carbonyl (C=O) groups is 1. The van der Waals surface area contributed by atoms with Crippen LogP contribution < -0.4 is 15.6 Å². The summed E-state index contributed by atoms with van der Waals surface area (Å²) in [5, 5.41) is 4.29. The van der Waals surface area contributed by atoms with Crippen molar-refractivity contribution in [2.45, 2.75) is 33.7 Å². The van der Waals surface area contributed by atoms with Gasteiger partial charge in [-0.05, 0) is 41.3 Å². The molecule has 3 aromatic rings. The van der Waals surface area contributed by atoms with Crippen LogP contribution in [0, 0.1) is 5.41 Å². The molecule has 0 saturated heterocycles. The van der Waals surface area contributed by atoms with E-state index in [2.05, 4.69) is 26.1 Å². The van der Waals surface area contributed by atoms with Gasteiger partial charge in [0, 0.05) is 29.2 Å². The Morgan fingerprint density at radius 3 is 2.39 bits per heavy atom. The maximum atomic E-state index is 12.8. The van der Waals surface area contributed by atoms with Gasteiger partial charge in [-0.25, -0.2) is 0 Å². The minimum atomic E-state index is -0.128. The molecule has 0 aliphatic heterocycles. The van der Waals surface area contributed by atoms with Gasteiger partial charge in [0.25, 0.3) is 5.56 Å². The first-order chi connectivity index (χ1) is 13.3. The van der Waals surface area contributed by atoms with Crippen LogP contribution in [0.3, 0.4) is 0 Å². The molecule has 1 N–H and O–H groups in total. The fraction of sp³-hybridized carbons (Fsp3) is 0.304. The van der Waals surface area contributed by atoms with E-state index in [1.165, 1.54) is 0 Å². The Morgan fingerprint density at radius 1 is 1.04 bits per heavy atom. The summed E-state index contributed by atoms with van der Waals surface area (Å²) in [7, 11) is 1.61. The summed E-state index contributed by atoms with van der Waals surface area (Å²) in [6.07, 6.45) is 2.05. The van der Waals surface area contributed by atoms with Crippen LogP contribution in [0.2, 0.25) is 0 Å². The Bertz CT molecular complexity index is 1040. The first-order valence-corrected chi connectivity index (χ1v) is 9.32. The second-order valence-corrected chi connectivity index (χ2v) is 8.15. The average molecular weight is 378 g/mol. The van der Waals surface area contributed by atoms with Gasteiger partial charge in [0.15, 0.2) is 0 Å². The molecule has 0 aliphatic carbocycles. The van der Waals surface area contributed by atoms with E-state index in [-0.39, 0.29) is 23.3 Å². The van der Waals surface area contributed by atoms with Crippen LogP contribution in [0.4, 0.5) is 5.69 Å². The second-order valence-electron chi connectivity index (χ2n) is 8.15. The van der Waals surface area contributed by atoms with Crippen LogP contribution >= 0.6 is 0 Å². The van der Waals surface area contributed by atoms with Gasteiger partial charge >= 0.3 is 0 Å². The van der Waals surface area contributed by atoms with Crippen LogP contribution in [0.5, 0.6) is 5.75 Å². The number of rotatable bonds is 5. The van der Waals surface area contributed by atoms with Gasteiger partial charge < -0.3 is 14.6 Å². The Morgan fingerprint density at radius 2 is 1.75 bits per heavy atom. The molecule has 1 heterocycles. The van der Waals surface area contributed by atoms with Gasteiger partial charge in [-0.15, -0.1) is 0 Å². The smallest absolute Gasteiger partial charge is 0.258 e. The van der Waals surface area contributed by atoms with E-state index in [1.807, 2.05) is 36.4 Å². The largest absolute Gasteiger partial charge is 0.497 e. The number of ether oxygens (including phenoxy) is 1. The fourth-order valence-corrected chi connectivity index (χ4v) is 3.19. The Hall–Kier alpha value is -3.08. The highest BCUT2D eigenvalue weighted by Gasteiger charge is 2.14. The molecular weight excluding hydrogens is 352 g/mol. The van der Waals surface area contributed by atoms with Gasteiger partial charge in [0.05, 0.1) is 13.5 Å². The number of fused-ring (bicyclic) bond motifs is 1. The Labute approximate surface area is 165 Å². The normalized spacial score (nSPS) is 11.4. The third-order valence-corrected chi connectivity index (χ3v) is 4.46. The number of carbonyl (C=O) groups excluding carboxylic acids is 1. The first-order valence-electron chi connectivity index (χ1n) is 9.32. The van der Waals surface area contributed by atoms with Crippen molar-refractivity contribution >= 4 is 22.4 Å². The van der Waals surface area contributed by atoms with E-state index in [9.17, 15) is 9.59 Å². The van der Waals surface area contributed by atoms with Crippen molar-refractivity contribution in [3.05, 3.63) is 70.6 Å². The molecule has 3 rings (SSSR count). The fourth-order valence-electron chi connectivity index (χ4n) is 3.19. The molecule has 2 aromatic carbocycles. The third-order valence-electron chi connectivity index (χ3n) is 4.46. The maximum Gasteiger partial charge on any atom is 0.258 e. The molecule has 0 saturated carbocycles. The number of nitrogens with one attached hydrogen (secondary N) is 1. The summed E-state index contributed by atoms with van der Waals surface area (Å²) in [5.41, 5.74) is 1.50. The second kappa shape index (κ2) is 7.89. The lowest BCUT2D eigenvalue weighted by molar-refractivity contribution is -0.115. The molecule has 5 nitrogen and oxygen atoms in total. The zero-order valence-electron chi connectivity index (χ0n) is 16.8. The lowest BCUT2D eigenvalue weighted by Gasteiger charge is -2.20. The van der Waals surface area contributed by atoms with E-state index in [0.717, 1.165) is 16.7 Å². The molecule has 1 amide bonds. The van der Waals surface area contributed by atoms with Crippen LogP contribution in [0.15, 0.2) is 59.5 Å². The molecule has 146 valence electrons. The molecule has 0 spiro atoms. The van der Waals surface area contributed by atoms with Crippen molar-refractivity contribution in [2.75, 3.05) is 12.4 Å². The van der Waals surface area contributed by atoms with E-state index < -0.39 is 0 Å². The van der Waals surface area contributed by atoms with E-state index in [1.54, 1.807) is 30.0 Å². The van der Waals surface area contributed by atoms with Crippen LogP contribution in [-0.4, -0.2) is 17.6 Å². The minimum absolute atomic E-state index is 0.00168. The molecular formula is C23H26N2O3. The number of amides is 1. The summed E-state index contributed by atoms with van der Waals surface area (Å²) in [4.78, 5) is 25.3. The number of hydrogen-bond donors (Lipinski definition) is 1. The molecule has 0 atom stereocenters. The van der Waals surface area contributed by atoms with Gasteiger partial charge in [0.2, 0.25) is 5.91 Å². The van der Waals surface area contributed by atoms with E-state index >= 15 is 0 Å². The molecule has 0 unspecified atom stereocenters. The number of anilines is 1. The number of pyridine rings is 1. The summed E-state index contributed by atoms with van der Waals surface area (Å²) in [5.74, 6) is 0.626. The van der Waals surface area contributed by atoms with Crippen molar-refractivity contribution in [3.8, 4) is 5.75 Å². The van der Waals surface area contributed by atoms with Gasteiger partial charge in [0.1, 0.15) is 5.75 Å². The van der Waals surface area contributed by atoms with Gasteiger partial charge in [-0.3, -0.25) is 9.59 Å². The lowest BCUT2D eigenvalue weighted by atomic mass is 9.96. The third kappa shape index (κ3) is 4.60. The molecule has 28 heavy (non-hydrogen) atoms. The predicted octanol–water partition coefficient (Wildman–Crippen LogP) is 4.24. The summed E-state index contributed by atoms with van der Waals surface area (Å²) >= 11 is 0. The monoisotopic (exact) mass is 378 g/mol. The van der Waals surface area contributed by atoms with Crippen molar-refractivity contribution in [2.24, 2.45) is 5.41 Å². The van der Waals surface area contributed by atoms with E-state index in [4.69, 9.17) is 4.74 Å². The van der Waals surface area contributed by atoms with Crippen molar-refractivity contribution in [1.29, 1.82) is 0 Å². The molecule has 0 radical (unpaired) electrons. The topological polar surface area (TPSA) is 60.3 Å². The minimum Gasteiger partial charge on any atom is -0.497 e. The highest BCUT2D eigenvalue weighted by molar-refractivity contribution is 6.02. The van der Waals surface area contributed by atoms with Gasteiger partial charge in [-0.1, -0.05) is 39.0 Å². The zero-order chi connectivity index (χ0) is 20.3. The first kappa shape index (κ1) is 19.7. The van der Waals surface area contributed by atoms with Crippen LogP contribution in [0.25, 0.3) is 10.8 Å². The average Bonchev–Trinajstić information content (AvgIpc) is 2.64. The maximum absolute atomic E-state index is 12.8. The Kier molecular flexibility index (Phi) is 5.54. The number of methoxy groups -OCH3 is 1. The number of nitrogens with zero attached hydrogens (tertiary/aromatic N) is 1. The van der Waals surface area contributed by atoms with Crippen molar-refractivity contribution in [1.82, 2.24) is 4.57 Å². The van der Waals surface area contributed by atoms with Gasteiger partial charge in [-0.2, -0.15) is 0 Å². The SMILES string of the molecule is COc1ccc(CC(=O)Nc2cccc3c(=O)n(CC(C)(C)C)ccc23)cc1. The summed E-state index contributed by atoms with van der Waals surface area (Å²) in [6, 6.07) is 14.7. The number of benzene rings is 2. The highest BCUT2D eigenvalue weighted by atomic mass is 16.5.